The number of rotatable bonds is 9. The van der Waals surface area contributed by atoms with Crippen LogP contribution in [0.4, 0.5) is 20.2 Å². The van der Waals surface area contributed by atoms with E-state index >= 15 is 8.78 Å². The fourth-order valence-corrected chi connectivity index (χ4v) is 4.28. The van der Waals surface area contributed by atoms with Crippen molar-refractivity contribution in [3.05, 3.63) is 118 Å². The Hall–Kier alpha value is -3.13. The number of hydrogen-bond acceptors (Lipinski definition) is 4. The van der Waals surface area contributed by atoms with Crippen LogP contribution in [0.25, 0.3) is 10.6 Å². The normalized spacial score (nSPS) is 12.1. The van der Waals surface area contributed by atoms with Gasteiger partial charge in [0.25, 0.3) is 0 Å². The Bertz CT molecular complexity index is 1260. The van der Waals surface area contributed by atoms with Crippen LogP contribution >= 0.6 is 0 Å². The summed E-state index contributed by atoms with van der Waals surface area (Å²) in [6, 6.07) is 20.7. The Morgan fingerprint density at radius 3 is 1.32 bits per heavy atom. The van der Waals surface area contributed by atoms with Crippen LogP contribution < -0.4 is 9.47 Å². The van der Waals surface area contributed by atoms with Gasteiger partial charge in [0, 0.05) is 16.5 Å². The SMILES string of the molecule is COc1ccc([N-]C(c2ccccc2F)C([N-]c2ccc(OC)cc2[S-])c2ccccc2F)c([S-])c1.[Ni]. The van der Waals surface area contributed by atoms with Crippen molar-refractivity contribution in [3.63, 3.8) is 0 Å². The monoisotopic (exact) mass is 578 g/mol. The summed E-state index contributed by atoms with van der Waals surface area (Å²) in [6.07, 6.45) is 0. The molecule has 2 unspecified atom stereocenters. The van der Waals surface area contributed by atoms with Crippen molar-refractivity contribution < 1.29 is 34.7 Å². The Labute approximate surface area is 236 Å². The zero-order chi connectivity index (χ0) is 25.7. The van der Waals surface area contributed by atoms with Gasteiger partial charge in [0.1, 0.15) is 23.1 Å². The Balaban J connectivity index is 0.00000380. The second-order valence-electron chi connectivity index (χ2n) is 7.86. The molecule has 0 spiro atoms. The molecule has 0 radical (unpaired) electrons. The van der Waals surface area contributed by atoms with Crippen molar-refractivity contribution in [2.24, 2.45) is 0 Å². The van der Waals surface area contributed by atoms with Crippen molar-refractivity contribution in [3.8, 4) is 11.5 Å². The molecule has 196 valence electrons. The maximum absolute atomic E-state index is 15.2. The first-order chi connectivity index (χ1) is 17.4. The van der Waals surface area contributed by atoms with Gasteiger partial charge in [-0.1, -0.05) is 60.6 Å². The molecule has 0 amide bonds. The van der Waals surface area contributed by atoms with E-state index in [0.717, 1.165) is 0 Å². The molecule has 4 aromatic carbocycles. The Morgan fingerprint density at radius 1 is 0.622 bits per heavy atom. The van der Waals surface area contributed by atoms with Crippen molar-refractivity contribution in [2.45, 2.75) is 21.9 Å². The van der Waals surface area contributed by atoms with Crippen LogP contribution in [0, 0.1) is 11.6 Å². The molecule has 0 aliphatic heterocycles. The molecular weight excluding hydrogens is 557 g/mol. The van der Waals surface area contributed by atoms with Gasteiger partial charge in [0.2, 0.25) is 0 Å². The first-order valence-electron chi connectivity index (χ1n) is 11.0. The number of halogens is 2. The largest absolute Gasteiger partial charge is 0.781 e. The summed E-state index contributed by atoms with van der Waals surface area (Å²) in [6.45, 7) is 0. The predicted molar refractivity (Wildman–Crippen MR) is 142 cm³/mol. The molecule has 0 saturated heterocycles. The van der Waals surface area contributed by atoms with E-state index in [1.807, 2.05) is 0 Å². The maximum Gasteiger partial charge on any atom is 0.125 e. The van der Waals surface area contributed by atoms with Crippen molar-refractivity contribution in [1.82, 2.24) is 0 Å². The van der Waals surface area contributed by atoms with Gasteiger partial charge in [-0.3, -0.25) is 0 Å². The Morgan fingerprint density at radius 2 is 1.00 bits per heavy atom. The van der Waals surface area contributed by atoms with Crippen molar-refractivity contribution in [2.75, 3.05) is 14.2 Å². The molecule has 0 N–H and O–H groups in total. The van der Waals surface area contributed by atoms with E-state index in [9.17, 15) is 0 Å². The van der Waals surface area contributed by atoms with E-state index in [1.165, 1.54) is 26.4 Å². The van der Waals surface area contributed by atoms with Gasteiger partial charge in [-0.05, 0) is 47.5 Å². The number of hydrogen-bond donors (Lipinski definition) is 0. The molecule has 4 rings (SSSR count). The fraction of sp³-hybridized carbons (Fsp3) is 0.143. The van der Waals surface area contributed by atoms with Gasteiger partial charge in [0.05, 0.1) is 14.2 Å². The fourth-order valence-electron chi connectivity index (χ4n) is 3.81. The summed E-state index contributed by atoms with van der Waals surface area (Å²) in [7, 11) is 3.08. The molecule has 4 nitrogen and oxygen atoms in total. The van der Waals surface area contributed by atoms with Gasteiger partial charge < -0.3 is 45.4 Å². The van der Waals surface area contributed by atoms with Gasteiger partial charge >= 0.3 is 0 Å². The van der Waals surface area contributed by atoms with E-state index in [-0.39, 0.29) is 27.6 Å². The summed E-state index contributed by atoms with van der Waals surface area (Å²) in [5.41, 5.74) is 1.37. The third-order valence-corrected chi connectivity index (χ3v) is 6.29. The molecule has 0 saturated carbocycles. The maximum atomic E-state index is 15.2. The van der Waals surface area contributed by atoms with E-state index in [2.05, 4.69) is 0 Å². The molecule has 0 aromatic heterocycles. The number of benzene rings is 4. The van der Waals surface area contributed by atoms with Crippen LogP contribution in [0.3, 0.4) is 0 Å². The molecule has 0 aliphatic carbocycles. The van der Waals surface area contributed by atoms with Crippen LogP contribution in [-0.4, -0.2) is 14.2 Å². The Kier molecular flexibility index (Phi) is 9.92. The van der Waals surface area contributed by atoms with Gasteiger partial charge in [-0.15, -0.1) is 0 Å². The summed E-state index contributed by atoms with van der Waals surface area (Å²) < 4.78 is 40.8. The van der Waals surface area contributed by atoms with Crippen LogP contribution in [-0.2, 0) is 41.7 Å². The van der Waals surface area contributed by atoms with Gasteiger partial charge in [-0.25, -0.2) is 8.78 Å². The van der Waals surface area contributed by atoms with Crippen molar-refractivity contribution >= 4 is 36.6 Å². The molecular formula is C28H22F2N2NiO2S2-4. The third kappa shape index (κ3) is 6.61. The third-order valence-electron chi connectivity index (χ3n) is 5.64. The molecule has 37 heavy (non-hydrogen) atoms. The predicted octanol–water partition coefficient (Wildman–Crippen LogP) is 7.98. The first kappa shape index (κ1) is 28.4. The molecule has 0 fully saturated rings. The second kappa shape index (κ2) is 12.9. The summed E-state index contributed by atoms with van der Waals surface area (Å²) >= 11 is 11.0. The van der Waals surface area contributed by atoms with E-state index in [4.69, 9.17) is 45.4 Å². The number of nitrogens with zero attached hydrogens (tertiary/aromatic N) is 2. The quantitative estimate of drug-likeness (QED) is 0.149. The molecule has 0 aliphatic rings. The molecule has 4 aromatic rings. The minimum Gasteiger partial charge on any atom is -0.781 e. The van der Waals surface area contributed by atoms with Crippen LogP contribution in [0.5, 0.6) is 11.5 Å². The summed E-state index contributed by atoms with van der Waals surface area (Å²) in [4.78, 5) is 0.827. The summed E-state index contributed by atoms with van der Waals surface area (Å²) in [5.74, 6) is 0.169. The molecule has 9 heteroatoms. The van der Waals surface area contributed by atoms with Crippen LogP contribution in [0.15, 0.2) is 94.7 Å². The topological polar surface area (TPSA) is 46.7 Å². The van der Waals surface area contributed by atoms with Crippen LogP contribution in [0.2, 0.25) is 0 Å². The van der Waals surface area contributed by atoms with Gasteiger partial charge in [-0.2, -0.15) is 21.2 Å². The first-order valence-corrected chi connectivity index (χ1v) is 11.8. The van der Waals surface area contributed by atoms with Crippen molar-refractivity contribution in [1.29, 1.82) is 0 Å². The minimum absolute atomic E-state index is 0. The number of methoxy groups -OCH3 is 2. The molecule has 0 bridgehead atoms. The summed E-state index contributed by atoms with van der Waals surface area (Å²) in [5, 5.41) is 9.65. The average Bonchev–Trinajstić information content (AvgIpc) is 2.88. The van der Waals surface area contributed by atoms with E-state index < -0.39 is 23.7 Å². The average molecular weight is 579 g/mol. The second-order valence-corrected chi connectivity index (χ2v) is 8.74. The van der Waals surface area contributed by atoms with E-state index in [1.54, 1.807) is 72.8 Å². The smallest absolute Gasteiger partial charge is 0.125 e. The molecule has 0 heterocycles. The minimum atomic E-state index is -0.949. The standard InChI is InChI=1S/C28H24F2N2O2S2.Ni/c1-33-17-11-13-23(25(35)15-17)31-27(19-7-3-5-9-21(19)29)28(20-8-4-6-10-22(20)30)32-24-14-12-18(34-2)16-26(24)36;/h3-16,27-28,35-36H,1-2H3;/q-2;/p-2. The van der Waals surface area contributed by atoms with Crippen LogP contribution in [0.1, 0.15) is 23.2 Å². The number of ether oxygens (including phenoxy) is 2. The zero-order valence-electron chi connectivity index (χ0n) is 19.8. The zero-order valence-corrected chi connectivity index (χ0v) is 22.5. The molecule has 2 atom stereocenters. The van der Waals surface area contributed by atoms with E-state index in [0.29, 0.717) is 32.7 Å². The van der Waals surface area contributed by atoms with Gasteiger partial charge in [0.15, 0.2) is 0 Å².